The minimum absolute atomic E-state index is 0.0556. The zero-order valence-corrected chi connectivity index (χ0v) is 11.6. The van der Waals surface area contributed by atoms with Crippen molar-refractivity contribution < 1.29 is 9.53 Å². The molecule has 2 rings (SSSR count). The summed E-state index contributed by atoms with van der Waals surface area (Å²) in [5.74, 6) is 0.646. The lowest BCUT2D eigenvalue weighted by molar-refractivity contribution is 0.0953. The smallest absolute Gasteiger partial charge is 0.251 e. The number of carbonyl (C=O) groups excluding carboxylic acids is 1. The molecule has 0 aliphatic heterocycles. The fourth-order valence-electron chi connectivity index (χ4n) is 2.04. The molecule has 0 spiro atoms. The number of nitrogens with one attached hydrogen (secondary N) is 1. The van der Waals surface area contributed by atoms with E-state index >= 15 is 0 Å². The van der Waals surface area contributed by atoms with Crippen LogP contribution >= 0.6 is 0 Å². The maximum Gasteiger partial charge on any atom is 0.251 e. The lowest BCUT2D eigenvalue weighted by Gasteiger charge is -2.04. The van der Waals surface area contributed by atoms with Crippen LogP contribution in [-0.2, 0) is 7.05 Å². The molecular weight excluding hydrogens is 242 g/mol. The standard InChI is InChI=1S/C14H19N3O2/c1-4-5-8-15-13(18)10-6-7-11-12(9-10)16-17(2)14(11)19-3/h6-7,9H,4-5,8H2,1-3H3,(H,15,18). The maximum atomic E-state index is 11.9. The van der Waals surface area contributed by atoms with Crippen molar-refractivity contribution in [1.29, 1.82) is 0 Å². The number of ether oxygens (including phenoxy) is 1. The van der Waals surface area contributed by atoms with Crippen LogP contribution < -0.4 is 10.1 Å². The number of aryl methyl sites for hydroxylation is 1. The molecule has 0 unspecified atom stereocenters. The molecule has 0 radical (unpaired) electrons. The summed E-state index contributed by atoms with van der Waals surface area (Å²) in [6.07, 6.45) is 2.06. The van der Waals surface area contributed by atoms with E-state index < -0.39 is 0 Å². The molecule has 1 aromatic heterocycles. The van der Waals surface area contributed by atoms with Crippen LogP contribution in [0, 0.1) is 0 Å². The topological polar surface area (TPSA) is 56.1 Å². The van der Waals surface area contributed by atoms with Crippen LogP contribution in [0.4, 0.5) is 0 Å². The highest BCUT2D eigenvalue weighted by molar-refractivity contribution is 5.98. The summed E-state index contributed by atoms with van der Waals surface area (Å²) in [7, 11) is 3.43. The first-order chi connectivity index (χ1) is 9.17. The Labute approximate surface area is 112 Å². The van der Waals surface area contributed by atoms with Gasteiger partial charge in [-0.05, 0) is 24.6 Å². The Balaban J connectivity index is 2.24. The summed E-state index contributed by atoms with van der Waals surface area (Å²) < 4.78 is 6.95. The first-order valence-electron chi connectivity index (χ1n) is 6.46. The normalized spacial score (nSPS) is 10.7. The minimum Gasteiger partial charge on any atom is -0.481 e. The second-order valence-corrected chi connectivity index (χ2v) is 4.47. The van der Waals surface area contributed by atoms with Crippen molar-refractivity contribution >= 4 is 16.8 Å². The van der Waals surface area contributed by atoms with Gasteiger partial charge in [-0.25, -0.2) is 4.68 Å². The molecule has 1 aromatic carbocycles. The number of fused-ring (bicyclic) bond motifs is 1. The summed E-state index contributed by atoms with van der Waals surface area (Å²) in [6.45, 7) is 2.80. The second kappa shape index (κ2) is 5.73. The third-order valence-electron chi connectivity index (χ3n) is 3.05. The third-order valence-corrected chi connectivity index (χ3v) is 3.05. The lowest BCUT2D eigenvalue weighted by atomic mass is 10.1. The van der Waals surface area contributed by atoms with Gasteiger partial charge in [0.2, 0.25) is 5.88 Å². The first-order valence-corrected chi connectivity index (χ1v) is 6.46. The van der Waals surface area contributed by atoms with Gasteiger partial charge in [0.1, 0.15) is 0 Å². The molecule has 0 saturated carbocycles. The fraction of sp³-hybridized carbons (Fsp3) is 0.429. The zero-order valence-electron chi connectivity index (χ0n) is 11.6. The molecule has 5 nitrogen and oxygen atoms in total. The van der Waals surface area contributed by atoms with Crippen molar-refractivity contribution in [3.05, 3.63) is 23.8 Å². The Morgan fingerprint density at radius 2 is 2.26 bits per heavy atom. The molecule has 0 aliphatic carbocycles. The number of unbranched alkanes of at least 4 members (excludes halogenated alkanes) is 1. The van der Waals surface area contributed by atoms with Gasteiger partial charge in [-0.15, -0.1) is 0 Å². The number of aromatic nitrogens is 2. The second-order valence-electron chi connectivity index (χ2n) is 4.47. The average molecular weight is 261 g/mol. The Morgan fingerprint density at radius 1 is 1.47 bits per heavy atom. The van der Waals surface area contributed by atoms with E-state index in [-0.39, 0.29) is 5.91 Å². The van der Waals surface area contributed by atoms with Gasteiger partial charge in [-0.3, -0.25) is 4.79 Å². The predicted octanol–water partition coefficient (Wildman–Crippen LogP) is 2.11. The first kappa shape index (κ1) is 13.4. The molecular formula is C14H19N3O2. The monoisotopic (exact) mass is 261 g/mol. The highest BCUT2D eigenvalue weighted by Crippen LogP contribution is 2.25. The quantitative estimate of drug-likeness (QED) is 0.839. The van der Waals surface area contributed by atoms with Gasteiger partial charge in [0, 0.05) is 19.2 Å². The fourth-order valence-corrected chi connectivity index (χ4v) is 2.04. The van der Waals surface area contributed by atoms with Gasteiger partial charge in [0.25, 0.3) is 5.91 Å². The SMILES string of the molecule is CCCCNC(=O)c1ccc2c(OC)n(C)nc2c1. The summed E-state index contributed by atoms with van der Waals surface area (Å²) in [5.41, 5.74) is 1.40. The van der Waals surface area contributed by atoms with E-state index in [0.29, 0.717) is 18.0 Å². The number of methoxy groups -OCH3 is 1. The van der Waals surface area contributed by atoms with E-state index in [0.717, 1.165) is 23.7 Å². The van der Waals surface area contributed by atoms with E-state index in [1.165, 1.54) is 0 Å². The van der Waals surface area contributed by atoms with Gasteiger partial charge < -0.3 is 10.1 Å². The molecule has 0 atom stereocenters. The summed E-state index contributed by atoms with van der Waals surface area (Å²) in [6, 6.07) is 5.46. The van der Waals surface area contributed by atoms with Crippen LogP contribution in [0.3, 0.4) is 0 Å². The minimum atomic E-state index is -0.0556. The molecule has 102 valence electrons. The Hall–Kier alpha value is -2.04. The van der Waals surface area contributed by atoms with E-state index in [2.05, 4.69) is 17.3 Å². The van der Waals surface area contributed by atoms with Crippen molar-refractivity contribution in [3.8, 4) is 5.88 Å². The van der Waals surface area contributed by atoms with Crippen LogP contribution in [0.15, 0.2) is 18.2 Å². The molecule has 0 aliphatic rings. The highest BCUT2D eigenvalue weighted by atomic mass is 16.5. The van der Waals surface area contributed by atoms with Gasteiger partial charge in [0.05, 0.1) is 18.0 Å². The summed E-state index contributed by atoms with van der Waals surface area (Å²) in [4.78, 5) is 11.9. The van der Waals surface area contributed by atoms with E-state index in [4.69, 9.17) is 4.74 Å². The van der Waals surface area contributed by atoms with Crippen molar-refractivity contribution in [2.24, 2.45) is 7.05 Å². The van der Waals surface area contributed by atoms with Crippen molar-refractivity contribution in [2.75, 3.05) is 13.7 Å². The van der Waals surface area contributed by atoms with Gasteiger partial charge >= 0.3 is 0 Å². The number of amides is 1. The third kappa shape index (κ3) is 2.70. The predicted molar refractivity (Wildman–Crippen MR) is 74.5 cm³/mol. The molecule has 2 aromatic rings. The lowest BCUT2D eigenvalue weighted by Crippen LogP contribution is -2.24. The van der Waals surface area contributed by atoms with Crippen LogP contribution in [0.25, 0.3) is 10.9 Å². The molecule has 0 saturated heterocycles. The average Bonchev–Trinajstić information content (AvgIpc) is 2.73. The maximum absolute atomic E-state index is 11.9. The van der Waals surface area contributed by atoms with E-state index in [1.807, 2.05) is 13.1 Å². The van der Waals surface area contributed by atoms with Crippen LogP contribution in [0.5, 0.6) is 5.88 Å². The molecule has 19 heavy (non-hydrogen) atoms. The van der Waals surface area contributed by atoms with Crippen molar-refractivity contribution in [1.82, 2.24) is 15.1 Å². The number of benzene rings is 1. The van der Waals surface area contributed by atoms with Crippen LogP contribution in [-0.4, -0.2) is 29.3 Å². The van der Waals surface area contributed by atoms with Gasteiger partial charge in [-0.2, -0.15) is 5.10 Å². The molecule has 0 bridgehead atoms. The van der Waals surface area contributed by atoms with Gasteiger partial charge in [0.15, 0.2) is 0 Å². The van der Waals surface area contributed by atoms with Crippen molar-refractivity contribution in [2.45, 2.75) is 19.8 Å². The van der Waals surface area contributed by atoms with E-state index in [9.17, 15) is 4.79 Å². The number of hydrogen-bond acceptors (Lipinski definition) is 3. The van der Waals surface area contributed by atoms with Gasteiger partial charge in [-0.1, -0.05) is 13.3 Å². The largest absolute Gasteiger partial charge is 0.481 e. The molecule has 5 heteroatoms. The number of carbonyl (C=O) groups is 1. The molecule has 1 heterocycles. The molecule has 1 N–H and O–H groups in total. The Bertz CT molecular complexity index is 590. The molecule has 0 fully saturated rings. The number of rotatable bonds is 5. The Morgan fingerprint density at radius 3 is 2.95 bits per heavy atom. The zero-order chi connectivity index (χ0) is 13.8. The van der Waals surface area contributed by atoms with Crippen LogP contribution in [0.1, 0.15) is 30.1 Å². The van der Waals surface area contributed by atoms with E-state index in [1.54, 1.807) is 23.9 Å². The van der Waals surface area contributed by atoms with Crippen LogP contribution in [0.2, 0.25) is 0 Å². The summed E-state index contributed by atoms with van der Waals surface area (Å²) in [5, 5.41) is 8.14. The number of hydrogen-bond donors (Lipinski definition) is 1. The Kier molecular flexibility index (Phi) is 4.04. The molecule has 1 amide bonds. The highest BCUT2D eigenvalue weighted by Gasteiger charge is 2.12. The van der Waals surface area contributed by atoms with Crippen molar-refractivity contribution in [3.63, 3.8) is 0 Å². The summed E-state index contributed by atoms with van der Waals surface area (Å²) >= 11 is 0. The number of nitrogens with zero attached hydrogens (tertiary/aromatic N) is 2.